The number of anilines is 6. The van der Waals surface area contributed by atoms with Crippen molar-refractivity contribution in [3.8, 4) is 27.9 Å². The molecule has 0 spiro atoms. The van der Waals surface area contributed by atoms with E-state index in [0.29, 0.717) is 0 Å². The number of aromatic nitrogens is 2. The highest BCUT2D eigenvalue weighted by atomic mass is 15.2. The molecule has 1 aliphatic carbocycles. The number of rotatable bonds is 5. The molecule has 0 saturated carbocycles. The van der Waals surface area contributed by atoms with Crippen molar-refractivity contribution in [1.29, 1.82) is 0 Å². The van der Waals surface area contributed by atoms with E-state index in [1.54, 1.807) is 0 Å². The zero-order valence-electron chi connectivity index (χ0n) is 37.6. The summed E-state index contributed by atoms with van der Waals surface area (Å²) in [6.07, 6.45) is 8.48. The fourth-order valence-electron chi connectivity index (χ4n) is 11.7. The fourth-order valence-corrected chi connectivity index (χ4v) is 11.7. The molecule has 14 rings (SSSR count). The average Bonchev–Trinajstić information content (AvgIpc) is 3.76. The molecular weight excluding hydrogens is 825 g/mol. The molecule has 2 aromatic heterocycles. The second-order valence-corrected chi connectivity index (χ2v) is 18.6. The van der Waals surface area contributed by atoms with Crippen LogP contribution in [-0.2, 0) is 25.7 Å². The summed E-state index contributed by atoms with van der Waals surface area (Å²) in [5.74, 6) is 0. The molecule has 322 valence electrons. The van der Waals surface area contributed by atoms with Crippen LogP contribution < -0.4 is 14.4 Å². The van der Waals surface area contributed by atoms with Crippen molar-refractivity contribution < 1.29 is 4.57 Å². The maximum absolute atomic E-state index is 2.50. The van der Waals surface area contributed by atoms with Crippen molar-refractivity contribution in [2.24, 2.45) is 0 Å². The number of aryl methyl sites for hydroxylation is 4. The zero-order chi connectivity index (χ0) is 44.7. The Morgan fingerprint density at radius 2 is 0.765 bits per heavy atom. The molecular formula is C64H47N4+. The standard InChI is InChI=1S/C64H47N4/c1-3-19-49(20-4-1)66-62-35-30-48(40-56(62)57-42-51(32-36-63(57)66)68-60-23-11-7-17-45(60)27-28-46-18-8-12-24-61(46)68)47-29-33-52-54(39-47)55-41-50(31-34-53(55)64(52)65-37-13-2-14-38-65)67-58-21-9-5-15-43(58)25-26-44-16-6-10-22-59(44)67/h1-24,29-42,64H,25-28H2/q+1. The lowest BCUT2D eigenvalue weighted by Gasteiger charge is -2.27. The summed E-state index contributed by atoms with van der Waals surface area (Å²) < 4.78 is 4.80. The van der Waals surface area contributed by atoms with E-state index in [2.05, 4.69) is 250 Å². The second-order valence-electron chi connectivity index (χ2n) is 18.6. The minimum atomic E-state index is 0.0620. The van der Waals surface area contributed by atoms with Gasteiger partial charge in [-0.15, -0.1) is 0 Å². The molecule has 68 heavy (non-hydrogen) atoms. The Labute approximate surface area is 396 Å². The van der Waals surface area contributed by atoms with E-state index in [0.717, 1.165) is 31.4 Å². The summed E-state index contributed by atoms with van der Waals surface area (Å²) in [5, 5.41) is 2.47. The van der Waals surface area contributed by atoms with Crippen molar-refractivity contribution in [1.82, 2.24) is 4.57 Å². The first-order valence-electron chi connectivity index (χ1n) is 24.0. The van der Waals surface area contributed by atoms with Crippen molar-refractivity contribution >= 4 is 55.9 Å². The normalized spacial score (nSPS) is 14.6. The molecule has 4 heterocycles. The molecule has 11 aromatic rings. The molecule has 4 nitrogen and oxygen atoms in total. The van der Waals surface area contributed by atoms with E-state index in [1.165, 1.54) is 112 Å². The van der Waals surface area contributed by atoms with Gasteiger partial charge >= 0.3 is 0 Å². The molecule has 2 aliphatic heterocycles. The number of nitrogens with zero attached hydrogens (tertiary/aromatic N) is 4. The molecule has 4 heteroatoms. The van der Waals surface area contributed by atoms with Crippen LogP contribution in [0, 0.1) is 0 Å². The lowest BCUT2D eigenvalue weighted by atomic mass is 9.96. The number of benzene rings is 9. The van der Waals surface area contributed by atoms with Gasteiger partial charge in [-0.25, -0.2) is 0 Å². The van der Waals surface area contributed by atoms with Gasteiger partial charge < -0.3 is 14.4 Å². The molecule has 9 aromatic carbocycles. The maximum Gasteiger partial charge on any atom is 0.210 e. The van der Waals surface area contributed by atoms with Crippen LogP contribution in [0.2, 0.25) is 0 Å². The number of hydrogen-bond acceptors (Lipinski definition) is 2. The van der Waals surface area contributed by atoms with Gasteiger partial charge in [0, 0.05) is 73.8 Å². The molecule has 1 unspecified atom stereocenters. The first-order valence-corrected chi connectivity index (χ1v) is 24.0. The molecule has 1 atom stereocenters. The van der Waals surface area contributed by atoms with Gasteiger partial charge in [0.15, 0.2) is 12.4 Å². The van der Waals surface area contributed by atoms with Crippen LogP contribution in [0.15, 0.2) is 231 Å². The largest absolute Gasteiger partial charge is 0.310 e. The minimum absolute atomic E-state index is 0.0620. The highest BCUT2D eigenvalue weighted by Gasteiger charge is 2.37. The topological polar surface area (TPSA) is 15.3 Å². The predicted octanol–water partition coefficient (Wildman–Crippen LogP) is 15.5. The Balaban J connectivity index is 0.952. The van der Waals surface area contributed by atoms with Crippen LogP contribution in [0.3, 0.4) is 0 Å². The Hall–Kier alpha value is -8.47. The maximum atomic E-state index is 2.50. The zero-order valence-corrected chi connectivity index (χ0v) is 37.6. The van der Waals surface area contributed by atoms with Crippen LogP contribution in [0.25, 0.3) is 49.7 Å². The first-order chi connectivity index (χ1) is 33.7. The average molecular weight is 872 g/mol. The molecule has 0 N–H and O–H groups in total. The summed E-state index contributed by atoms with van der Waals surface area (Å²) in [6, 6.07) is 81.6. The van der Waals surface area contributed by atoms with Gasteiger partial charge in [0.05, 0.1) is 11.0 Å². The third kappa shape index (κ3) is 6.11. The molecule has 3 aliphatic rings. The second kappa shape index (κ2) is 15.6. The summed E-state index contributed by atoms with van der Waals surface area (Å²) in [4.78, 5) is 4.99. The minimum Gasteiger partial charge on any atom is -0.310 e. The summed E-state index contributed by atoms with van der Waals surface area (Å²) in [6.45, 7) is 0. The van der Waals surface area contributed by atoms with Crippen LogP contribution in [-0.4, -0.2) is 4.57 Å². The van der Waals surface area contributed by atoms with Crippen LogP contribution >= 0.6 is 0 Å². The van der Waals surface area contributed by atoms with E-state index in [-0.39, 0.29) is 6.04 Å². The highest BCUT2D eigenvalue weighted by molar-refractivity contribution is 6.12. The van der Waals surface area contributed by atoms with Crippen LogP contribution in [0.4, 0.5) is 34.1 Å². The van der Waals surface area contributed by atoms with Crippen molar-refractivity contribution in [3.05, 3.63) is 264 Å². The van der Waals surface area contributed by atoms with Gasteiger partial charge in [0.25, 0.3) is 0 Å². The molecule has 0 saturated heterocycles. The number of para-hydroxylation sites is 5. The van der Waals surface area contributed by atoms with Gasteiger partial charge in [0.2, 0.25) is 6.04 Å². The Kier molecular flexibility index (Phi) is 8.88. The number of hydrogen-bond donors (Lipinski definition) is 0. The van der Waals surface area contributed by atoms with Gasteiger partial charge in [-0.05, 0) is 161 Å². The van der Waals surface area contributed by atoms with E-state index in [9.17, 15) is 0 Å². The smallest absolute Gasteiger partial charge is 0.210 e. The first kappa shape index (κ1) is 38.8. The Bertz CT molecular complexity index is 3680. The number of fused-ring (bicyclic) bond motifs is 10. The quantitative estimate of drug-likeness (QED) is 0.160. The van der Waals surface area contributed by atoms with Crippen LogP contribution in [0.5, 0.6) is 0 Å². The van der Waals surface area contributed by atoms with Crippen molar-refractivity contribution in [2.75, 3.05) is 9.80 Å². The van der Waals surface area contributed by atoms with E-state index in [4.69, 9.17) is 0 Å². The summed E-state index contributed by atoms with van der Waals surface area (Å²) >= 11 is 0. The van der Waals surface area contributed by atoms with Gasteiger partial charge in [-0.1, -0.05) is 115 Å². The van der Waals surface area contributed by atoms with Crippen LogP contribution in [0.1, 0.15) is 39.4 Å². The molecule has 0 radical (unpaired) electrons. The van der Waals surface area contributed by atoms with E-state index >= 15 is 0 Å². The van der Waals surface area contributed by atoms with Gasteiger partial charge in [0.1, 0.15) is 0 Å². The molecule has 0 bridgehead atoms. The third-order valence-electron chi connectivity index (χ3n) is 14.9. The highest BCUT2D eigenvalue weighted by Crippen LogP contribution is 2.50. The lowest BCUT2D eigenvalue weighted by Crippen LogP contribution is -2.38. The van der Waals surface area contributed by atoms with Gasteiger partial charge in [-0.3, -0.25) is 0 Å². The summed E-state index contributed by atoms with van der Waals surface area (Å²) in [5.41, 5.74) is 24.0. The Morgan fingerprint density at radius 1 is 0.338 bits per heavy atom. The molecule has 0 amide bonds. The lowest BCUT2D eigenvalue weighted by molar-refractivity contribution is -0.704. The predicted molar refractivity (Wildman–Crippen MR) is 280 cm³/mol. The summed E-state index contributed by atoms with van der Waals surface area (Å²) in [7, 11) is 0. The number of pyridine rings is 1. The SMILES string of the molecule is c1ccc(-n2c3ccc(-c4ccc5c(c4)-c4cc(N6c7ccccc7CCc7ccccc76)ccc4C5[n+]4ccccc4)cc3c3cc(N4c5ccccc5CCc5ccccc54)ccc32)cc1. The Morgan fingerprint density at radius 3 is 1.35 bits per heavy atom. The monoisotopic (exact) mass is 871 g/mol. The van der Waals surface area contributed by atoms with E-state index in [1.807, 2.05) is 0 Å². The molecule has 0 fully saturated rings. The van der Waals surface area contributed by atoms with Crippen molar-refractivity contribution in [2.45, 2.75) is 31.7 Å². The van der Waals surface area contributed by atoms with E-state index < -0.39 is 0 Å². The fraction of sp³-hybridized carbons (Fsp3) is 0.0781. The van der Waals surface area contributed by atoms with Gasteiger partial charge in [-0.2, -0.15) is 4.57 Å². The third-order valence-corrected chi connectivity index (χ3v) is 14.9. The van der Waals surface area contributed by atoms with Crippen molar-refractivity contribution in [3.63, 3.8) is 0 Å².